The molecule has 0 fully saturated rings. The molecule has 2 N–H and O–H groups in total. The highest BCUT2D eigenvalue weighted by atomic mass is 16.6. The maximum absolute atomic E-state index is 12.5. The third-order valence-corrected chi connectivity index (χ3v) is 2.53. The van der Waals surface area contributed by atoms with Gasteiger partial charge in [0.1, 0.15) is 11.2 Å². The second-order valence-electron chi connectivity index (χ2n) is 7.16. The summed E-state index contributed by atoms with van der Waals surface area (Å²) in [5.74, 6) is -1.55. The summed E-state index contributed by atoms with van der Waals surface area (Å²) in [6.45, 7) is 10.1. The van der Waals surface area contributed by atoms with Gasteiger partial charge < -0.3 is 14.6 Å². The van der Waals surface area contributed by atoms with Gasteiger partial charge in [0, 0.05) is 0 Å². The summed E-state index contributed by atoms with van der Waals surface area (Å²) in [6.07, 6.45) is -1.36. The first kappa shape index (κ1) is 19.5. The van der Waals surface area contributed by atoms with Crippen molar-refractivity contribution in [2.45, 2.75) is 52.7 Å². The van der Waals surface area contributed by atoms with Crippen LogP contribution >= 0.6 is 0 Å². The Hall–Kier alpha value is -2.57. The molecule has 0 aromatic heterocycles. The van der Waals surface area contributed by atoms with Gasteiger partial charge >= 0.3 is 18.0 Å². The lowest BCUT2D eigenvalue weighted by molar-refractivity contribution is 0.00195. The third-order valence-electron chi connectivity index (χ3n) is 2.53. The lowest BCUT2D eigenvalue weighted by Crippen LogP contribution is -2.29. The highest BCUT2D eigenvalue weighted by Gasteiger charge is 2.29. The Morgan fingerprint density at radius 1 is 0.917 bits per heavy atom. The molecular weight excluding hydrogens is 314 g/mol. The summed E-state index contributed by atoms with van der Waals surface area (Å²) in [5, 5.41) is 11.0. The fraction of sp³-hybridized carbons (Fsp3) is 0.471. The average molecular weight is 337 g/mol. The van der Waals surface area contributed by atoms with Crippen LogP contribution in [0.3, 0.4) is 0 Å². The summed E-state index contributed by atoms with van der Waals surface area (Å²) in [5.41, 5.74) is -1.86. The van der Waals surface area contributed by atoms with Crippen molar-refractivity contribution in [1.82, 2.24) is 0 Å². The topological polar surface area (TPSA) is 102 Å². The third kappa shape index (κ3) is 5.91. The molecule has 132 valence electrons. The van der Waals surface area contributed by atoms with Gasteiger partial charge in [0.2, 0.25) is 0 Å². The van der Waals surface area contributed by atoms with E-state index in [1.54, 1.807) is 41.5 Å². The highest BCUT2D eigenvalue weighted by molar-refractivity contribution is 6.08. The summed E-state index contributed by atoms with van der Waals surface area (Å²) in [6, 6.07) is 4.22. The Balaban J connectivity index is 3.40. The van der Waals surface area contributed by atoms with Gasteiger partial charge in [0.05, 0.1) is 16.8 Å². The van der Waals surface area contributed by atoms with Crippen molar-refractivity contribution in [3.63, 3.8) is 0 Å². The number of rotatable bonds is 3. The summed E-state index contributed by atoms with van der Waals surface area (Å²) in [7, 11) is 0. The summed E-state index contributed by atoms with van der Waals surface area (Å²) in [4.78, 5) is 35.8. The molecule has 1 amide bonds. The minimum absolute atomic E-state index is 0.0416. The van der Waals surface area contributed by atoms with Gasteiger partial charge in [-0.2, -0.15) is 0 Å². The van der Waals surface area contributed by atoms with Crippen LogP contribution in [0.5, 0.6) is 0 Å². The van der Waals surface area contributed by atoms with Crippen molar-refractivity contribution in [2.75, 3.05) is 5.32 Å². The predicted octanol–water partition coefficient (Wildman–Crippen LogP) is 3.69. The van der Waals surface area contributed by atoms with Crippen molar-refractivity contribution < 1.29 is 29.0 Å². The Kier molecular flexibility index (Phi) is 5.60. The maximum Gasteiger partial charge on any atom is 0.409 e. The van der Waals surface area contributed by atoms with E-state index < -0.39 is 29.2 Å². The SMILES string of the molecule is CC(C)(C)OC(=O)c1cccc(NC(=O)O)c1C(=O)OC(C)(C)C. The van der Waals surface area contributed by atoms with Crippen LogP contribution in [0.15, 0.2) is 18.2 Å². The monoisotopic (exact) mass is 337 g/mol. The number of hydrogen-bond acceptors (Lipinski definition) is 5. The largest absolute Gasteiger partial charge is 0.465 e. The molecule has 0 bridgehead atoms. The number of anilines is 1. The molecule has 0 aliphatic rings. The molecule has 0 radical (unpaired) electrons. The highest BCUT2D eigenvalue weighted by Crippen LogP contribution is 2.25. The number of hydrogen-bond donors (Lipinski definition) is 2. The van der Waals surface area contributed by atoms with E-state index in [4.69, 9.17) is 14.6 Å². The van der Waals surface area contributed by atoms with Gasteiger partial charge in [-0.25, -0.2) is 14.4 Å². The zero-order chi connectivity index (χ0) is 18.7. The van der Waals surface area contributed by atoms with Crippen molar-refractivity contribution in [2.24, 2.45) is 0 Å². The molecule has 0 saturated heterocycles. The lowest BCUT2D eigenvalue weighted by atomic mass is 10.0. The Bertz CT molecular complexity index is 652. The van der Waals surface area contributed by atoms with E-state index in [0.717, 1.165) is 0 Å². The van der Waals surface area contributed by atoms with E-state index in [9.17, 15) is 14.4 Å². The van der Waals surface area contributed by atoms with Gasteiger partial charge in [-0.15, -0.1) is 0 Å². The van der Waals surface area contributed by atoms with Crippen LogP contribution in [0.25, 0.3) is 0 Å². The molecule has 0 heterocycles. The summed E-state index contributed by atoms with van der Waals surface area (Å²) < 4.78 is 10.6. The van der Waals surface area contributed by atoms with Gasteiger partial charge in [-0.1, -0.05) is 6.07 Å². The molecule has 7 nitrogen and oxygen atoms in total. The second-order valence-corrected chi connectivity index (χ2v) is 7.16. The van der Waals surface area contributed by atoms with Crippen molar-refractivity contribution in [3.05, 3.63) is 29.3 Å². The molecule has 0 saturated carbocycles. The Labute approximate surface area is 141 Å². The smallest absolute Gasteiger partial charge is 0.409 e. The molecule has 1 rings (SSSR count). The van der Waals surface area contributed by atoms with Crippen LogP contribution in [0.1, 0.15) is 62.3 Å². The first-order valence-electron chi connectivity index (χ1n) is 7.40. The minimum Gasteiger partial charge on any atom is -0.465 e. The van der Waals surface area contributed by atoms with Crippen LogP contribution in [-0.4, -0.2) is 34.3 Å². The van der Waals surface area contributed by atoms with Crippen LogP contribution in [-0.2, 0) is 9.47 Å². The Morgan fingerprint density at radius 2 is 1.42 bits per heavy atom. The number of carbonyl (C=O) groups is 3. The molecule has 0 atom stereocenters. The Morgan fingerprint density at radius 3 is 1.88 bits per heavy atom. The number of carbonyl (C=O) groups excluding carboxylic acids is 2. The maximum atomic E-state index is 12.5. The van der Waals surface area contributed by atoms with Gasteiger partial charge in [0.15, 0.2) is 0 Å². The van der Waals surface area contributed by atoms with Gasteiger partial charge in [0.25, 0.3) is 0 Å². The predicted molar refractivity (Wildman–Crippen MR) is 88.4 cm³/mol. The molecule has 1 aromatic rings. The number of amides is 1. The van der Waals surface area contributed by atoms with Crippen LogP contribution in [0.4, 0.5) is 10.5 Å². The molecular formula is C17H23NO6. The minimum atomic E-state index is -1.36. The number of carboxylic acid groups (broad SMARTS) is 1. The number of ether oxygens (including phenoxy) is 2. The number of nitrogens with one attached hydrogen (secondary N) is 1. The quantitative estimate of drug-likeness (QED) is 0.816. The van der Waals surface area contributed by atoms with Crippen molar-refractivity contribution in [1.29, 1.82) is 0 Å². The fourth-order valence-electron chi connectivity index (χ4n) is 1.82. The van der Waals surface area contributed by atoms with Gasteiger partial charge in [-0.05, 0) is 53.7 Å². The first-order valence-corrected chi connectivity index (χ1v) is 7.40. The molecule has 0 aliphatic heterocycles. The number of benzene rings is 1. The zero-order valence-corrected chi connectivity index (χ0v) is 14.7. The van der Waals surface area contributed by atoms with E-state index >= 15 is 0 Å². The van der Waals surface area contributed by atoms with Crippen molar-refractivity contribution in [3.8, 4) is 0 Å². The summed E-state index contributed by atoms with van der Waals surface area (Å²) >= 11 is 0. The lowest BCUT2D eigenvalue weighted by Gasteiger charge is -2.23. The van der Waals surface area contributed by atoms with Gasteiger partial charge in [-0.3, -0.25) is 5.32 Å². The molecule has 0 aliphatic carbocycles. The normalized spacial score (nSPS) is 11.6. The average Bonchev–Trinajstić information content (AvgIpc) is 2.33. The van der Waals surface area contributed by atoms with Crippen molar-refractivity contribution >= 4 is 23.7 Å². The molecule has 1 aromatic carbocycles. The second kappa shape index (κ2) is 6.90. The van der Waals surface area contributed by atoms with E-state index in [1.165, 1.54) is 18.2 Å². The van der Waals surface area contributed by atoms with Crippen LogP contribution < -0.4 is 5.32 Å². The van der Waals surface area contributed by atoms with E-state index in [1.807, 2.05) is 0 Å². The van der Waals surface area contributed by atoms with E-state index in [-0.39, 0.29) is 16.8 Å². The molecule has 24 heavy (non-hydrogen) atoms. The molecule has 0 unspecified atom stereocenters. The number of esters is 2. The molecule has 7 heteroatoms. The van der Waals surface area contributed by atoms with E-state index in [0.29, 0.717) is 0 Å². The fourth-order valence-corrected chi connectivity index (χ4v) is 1.82. The zero-order valence-electron chi connectivity index (χ0n) is 14.7. The standard InChI is InChI=1S/C17H23NO6/c1-16(2,3)23-13(19)10-8-7-9-11(18-15(21)22)12(10)14(20)24-17(4,5)6/h7-9,18H,1-6H3,(H,21,22). The first-order chi connectivity index (χ1) is 10.8. The molecule has 0 spiro atoms. The van der Waals surface area contributed by atoms with E-state index in [2.05, 4.69) is 5.32 Å². The van der Waals surface area contributed by atoms with Crippen LogP contribution in [0.2, 0.25) is 0 Å². The van der Waals surface area contributed by atoms with Crippen LogP contribution in [0, 0.1) is 0 Å².